The Kier molecular flexibility index (Phi) is 2.90. The average Bonchev–Trinajstić information content (AvgIpc) is 2.29. The summed E-state index contributed by atoms with van der Waals surface area (Å²) in [6, 6.07) is 4.99. The van der Waals surface area contributed by atoms with Crippen molar-refractivity contribution in [1.29, 1.82) is 0 Å². The van der Waals surface area contributed by atoms with Crippen molar-refractivity contribution in [2.45, 2.75) is 13.3 Å². The molecule has 0 amide bonds. The van der Waals surface area contributed by atoms with E-state index in [0.29, 0.717) is 5.56 Å². The van der Waals surface area contributed by atoms with Crippen LogP contribution in [0.15, 0.2) is 36.8 Å². The van der Waals surface area contributed by atoms with E-state index in [4.69, 9.17) is 0 Å². The van der Waals surface area contributed by atoms with Crippen LogP contribution in [-0.4, -0.2) is 9.97 Å². The van der Waals surface area contributed by atoms with E-state index in [9.17, 15) is 8.78 Å². The first-order valence-electron chi connectivity index (χ1n) is 4.83. The summed E-state index contributed by atoms with van der Waals surface area (Å²) in [4.78, 5) is 7.64. The molecule has 0 aliphatic carbocycles. The van der Waals surface area contributed by atoms with Gasteiger partial charge in [-0.15, -0.1) is 0 Å². The van der Waals surface area contributed by atoms with E-state index in [2.05, 4.69) is 9.97 Å². The molecule has 2 aromatic rings. The highest BCUT2D eigenvalue weighted by Gasteiger charge is 2.09. The Morgan fingerprint density at radius 1 is 1.12 bits per heavy atom. The molecule has 0 spiro atoms. The summed E-state index contributed by atoms with van der Waals surface area (Å²) in [6.45, 7) is 1.91. The van der Waals surface area contributed by atoms with E-state index < -0.39 is 6.43 Å². The third-order valence-electron chi connectivity index (χ3n) is 2.21. The fourth-order valence-electron chi connectivity index (χ4n) is 1.46. The zero-order valence-corrected chi connectivity index (χ0v) is 8.69. The molecule has 0 radical (unpaired) electrons. The van der Waals surface area contributed by atoms with Gasteiger partial charge in [0.15, 0.2) is 0 Å². The van der Waals surface area contributed by atoms with Gasteiger partial charge in [0.05, 0.1) is 0 Å². The number of rotatable bonds is 2. The van der Waals surface area contributed by atoms with Gasteiger partial charge in [0.25, 0.3) is 6.43 Å². The van der Waals surface area contributed by atoms with Crippen LogP contribution < -0.4 is 0 Å². The van der Waals surface area contributed by atoms with Crippen LogP contribution in [0.1, 0.15) is 17.7 Å². The van der Waals surface area contributed by atoms with Crippen LogP contribution >= 0.6 is 0 Å². The minimum absolute atomic E-state index is 0.209. The lowest BCUT2D eigenvalue weighted by Crippen LogP contribution is -1.90. The molecule has 0 aromatic carbocycles. The number of aromatic nitrogens is 2. The molecule has 0 bridgehead atoms. The SMILES string of the molecule is Cc1cncc(-c2ccnc(C(F)F)c2)c1. The summed E-state index contributed by atoms with van der Waals surface area (Å²) in [5.41, 5.74) is 2.32. The van der Waals surface area contributed by atoms with Crippen molar-refractivity contribution in [3.63, 3.8) is 0 Å². The molecule has 0 N–H and O–H groups in total. The summed E-state index contributed by atoms with van der Waals surface area (Å²) in [5.74, 6) is 0. The largest absolute Gasteiger partial charge is 0.280 e. The number of alkyl halides is 2. The van der Waals surface area contributed by atoms with Gasteiger partial charge in [0.1, 0.15) is 5.69 Å². The van der Waals surface area contributed by atoms with Gasteiger partial charge in [0, 0.05) is 24.2 Å². The minimum atomic E-state index is -2.54. The van der Waals surface area contributed by atoms with Crippen molar-refractivity contribution in [3.8, 4) is 11.1 Å². The lowest BCUT2D eigenvalue weighted by molar-refractivity contribution is 0.146. The number of halogens is 2. The lowest BCUT2D eigenvalue weighted by atomic mass is 10.1. The van der Waals surface area contributed by atoms with E-state index in [1.165, 1.54) is 12.3 Å². The lowest BCUT2D eigenvalue weighted by Gasteiger charge is -2.04. The molecule has 0 aliphatic heterocycles. The summed E-state index contributed by atoms with van der Waals surface area (Å²) in [7, 11) is 0. The predicted octanol–water partition coefficient (Wildman–Crippen LogP) is 3.39. The maximum atomic E-state index is 12.5. The zero-order chi connectivity index (χ0) is 11.5. The second-order valence-electron chi connectivity index (χ2n) is 3.52. The highest BCUT2D eigenvalue weighted by atomic mass is 19.3. The number of hydrogen-bond donors (Lipinski definition) is 0. The van der Waals surface area contributed by atoms with Crippen LogP contribution in [0.4, 0.5) is 8.78 Å². The topological polar surface area (TPSA) is 25.8 Å². The Balaban J connectivity index is 2.44. The Hall–Kier alpha value is -1.84. The van der Waals surface area contributed by atoms with Crippen molar-refractivity contribution in [2.24, 2.45) is 0 Å². The molecule has 16 heavy (non-hydrogen) atoms. The van der Waals surface area contributed by atoms with Gasteiger partial charge in [-0.05, 0) is 36.2 Å². The van der Waals surface area contributed by atoms with Gasteiger partial charge in [-0.25, -0.2) is 8.78 Å². The van der Waals surface area contributed by atoms with E-state index in [0.717, 1.165) is 11.1 Å². The normalized spacial score (nSPS) is 10.8. The summed E-state index contributed by atoms with van der Waals surface area (Å²) in [5, 5.41) is 0. The molecule has 0 saturated heterocycles. The second-order valence-corrected chi connectivity index (χ2v) is 3.52. The smallest absolute Gasteiger partial charge is 0.264 e. The van der Waals surface area contributed by atoms with Gasteiger partial charge >= 0.3 is 0 Å². The first-order valence-corrected chi connectivity index (χ1v) is 4.83. The first-order chi connectivity index (χ1) is 7.66. The Morgan fingerprint density at radius 3 is 2.62 bits per heavy atom. The summed E-state index contributed by atoms with van der Waals surface area (Å²) >= 11 is 0. The van der Waals surface area contributed by atoms with Crippen LogP contribution in [0.2, 0.25) is 0 Å². The van der Waals surface area contributed by atoms with Crippen LogP contribution in [-0.2, 0) is 0 Å². The second kappa shape index (κ2) is 4.35. The first kappa shape index (κ1) is 10.7. The van der Waals surface area contributed by atoms with Gasteiger partial charge < -0.3 is 0 Å². The average molecular weight is 220 g/mol. The third kappa shape index (κ3) is 2.21. The molecule has 0 fully saturated rings. The molecule has 2 nitrogen and oxygen atoms in total. The molecule has 0 unspecified atom stereocenters. The van der Waals surface area contributed by atoms with Crippen LogP contribution in [0.3, 0.4) is 0 Å². The molecule has 2 heterocycles. The van der Waals surface area contributed by atoms with Crippen molar-refractivity contribution >= 4 is 0 Å². The minimum Gasteiger partial charge on any atom is -0.264 e. The van der Waals surface area contributed by atoms with Gasteiger partial charge in [-0.2, -0.15) is 0 Å². The standard InChI is InChI=1S/C12H10F2N2/c1-8-4-10(7-15-6-8)9-2-3-16-11(5-9)12(13)14/h2-7,12H,1H3. The number of hydrogen-bond acceptors (Lipinski definition) is 2. The van der Waals surface area contributed by atoms with Crippen LogP contribution in [0.25, 0.3) is 11.1 Å². The van der Waals surface area contributed by atoms with E-state index in [1.54, 1.807) is 18.5 Å². The Labute approximate surface area is 92.0 Å². The Morgan fingerprint density at radius 2 is 1.94 bits per heavy atom. The molecular formula is C12H10F2N2. The molecule has 82 valence electrons. The van der Waals surface area contributed by atoms with Crippen molar-refractivity contribution in [3.05, 3.63) is 48.0 Å². The molecule has 0 atom stereocenters. The van der Waals surface area contributed by atoms with Crippen LogP contribution in [0.5, 0.6) is 0 Å². The fraction of sp³-hybridized carbons (Fsp3) is 0.167. The zero-order valence-electron chi connectivity index (χ0n) is 8.69. The molecule has 2 rings (SSSR count). The maximum absolute atomic E-state index is 12.5. The highest BCUT2D eigenvalue weighted by molar-refractivity contribution is 5.62. The highest BCUT2D eigenvalue weighted by Crippen LogP contribution is 2.23. The number of nitrogens with zero attached hydrogens (tertiary/aromatic N) is 2. The van der Waals surface area contributed by atoms with E-state index in [1.807, 2.05) is 13.0 Å². The molecule has 4 heteroatoms. The quantitative estimate of drug-likeness (QED) is 0.775. The van der Waals surface area contributed by atoms with E-state index in [-0.39, 0.29) is 5.69 Å². The predicted molar refractivity (Wildman–Crippen MR) is 57.2 cm³/mol. The molecule has 0 saturated carbocycles. The monoisotopic (exact) mass is 220 g/mol. The van der Waals surface area contributed by atoms with Crippen molar-refractivity contribution < 1.29 is 8.78 Å². The molecule has 2 aromatic heterocycles. The molecule has 0 aliphatic rings. The van der Waals surface area contributed by atoms with Crippen LogP contribution in [0, 0.1) is 6.92 Å². The molecular weight excluding hydrogens is 210 g/mol. The number of pyridine rings is 2. The maximum Gasteiger partial charge on any atom is 0.280 e. The van der Waals surface area contributed by atoms with Gasteiger partial charge in [-0.1, -0.05) is 0 Å². The summed E-state index contributed by atoms with van der Waals surface area (Å²) < 4.78 is 24.9. The number of aryl methyl sites for hydroxylation is 1. The van der Waals surface area contributed by atoms with Gasteiger partial charge in [0.2, 0.25) is 0 Å². The van der Waals surface area contributed by atoms with Gasteiger partial charge in [-0.3, -0.25) is 9.97 Å². The van der Waals surface area contributed by atoms with E-state index >= 15 is 0 Å². The Bertz CT molecular complexity index is 498. The fourth-order valence-corrected chi connectivity index (χ4v) is 1.46. The van der Waals surface area contributed by atoms with Crippen molar-refractivity contribution in [2.75, 3.05) is 0 Å². The third-order valence-corrected chi connectivity index (χ3v) is 2.21. The summed E-state index contributed by atoms with van der Waals surface area (Å²) in [6.07, 6.45) is 2.22. The van der Waals surface area contributed by atoms with Crippen molar-refractivity contribution in [1.82, 2.24) is 9.97 Å².